The number of esters is 1. The molecular weight excluding hydrogens is 308 g/mol. The zero-order chi connectivity index (χ0) is 15.6. The predicted octanol–water partition coefficient (Wildman–Crippen LogP) is 0.244. The lowest BCUT2D eigenvalue weighted by molar-refractivity contribution is 0.0527. The highest BCUT2D eigenvalue weighted by Gasteiger charge is 2.24. The van der Waals surface area contributed by atoms with E-state index in [2.05, 4.69) is 9.71 Å². The molecular formula is C10H16N2O6S2. The van der Waals surface area contributed by atoms with E-state index in [4.69, 9.17) is 4.74 Å². The SMILES string of the molecule is CCOC(=O)c1c(NS(=O)(=O)CS(C)(=O)=O)c[nH]c1C. The minimum absolute atomic E-state index is 0.0314. The van der Waals surface area contributed by atoms with Crippen molar-refractivity contribution in [2.45, 2.75) is 13.8 Å². The zero-order valence-electron chi connectivity index (χ0n) is 11.3. The molecule has 20 heavy (non-hydrogen) atoms. The van der Waals surface area contributed by atoms with E-state index in [0.29, 0.717) is 5.69 Å². The Kier molecular flexibility index (Phi) is 4.81. The van der Waals surface area contributed by atoms with Crippen molar-refractivity contribution in [2.24, 2.45) is 0 Å². The number of ether oxygens (including phenoxy) is 1. The predicted molar refractivity (Wildman–Crippen MR) is 73.7 cm³/mol. The maximum absolute atomic E-state index is 11.7. The molecule has 0 aliphatic rings. The van der Waals surface area contributed by atoms with Gasteiger partial charge in [-0.05, 0) is 13.8 Å². The molecule has 0 aromatic carbocycles. The first kappa shape index (κ1) is 16.5. The molecule has 0 spiro atoms. The van der Waals surface area contributed by atoms with Crippen LogP contribution in [0.3, 0.4) is 0 Å². The number of hydrogen-bond acceptors (Lipinski definition) is 6. The molecule has 10 heteroatoms. The number of sulfone groups is 1. The van der Waals surface area contributed by atoms with Crippen molar-refractivity contribution in [3.8, 4) is 0 Å². The van der Waals surface area contributed by atoms with Crippen LogP contribution in [-0.4, -0.2) is 45.7 Å². The van der Waals surface area contributed by atoms with Gasteiger partial charge in [0.15, 0.2) is 14.9 Å². The summed E-state index contributed by atoms with van der Waals surface area (Å²) in [5.41, 5.74) is 0.411. The molecule has 0 saturated heterocycles. The van der Waals surface area contributed by atoms with E-state index < -0.39 is 30.9 Å². The van der Waals surface area contributed by atoms with Crippen molar-refractivity contribution in [1.29, 1.82) is 0 Å². The number of aromatic amines is 1. The summed E-state index contributed by atoms with van der Waals surface area (Å²) in [6.45, 7) is 3.33. The number of aromatic nitrogens is 1. The molecule has 0 unspecified atom stereocenters. The molecule has 114 valence electrons. The van der Waals surface area contributed by atoms with Crippen molar-refractivity contribution in [3.05, 3.63) is 17.5 Å². The number of sulfonamides is 1. The molecule has 0 fully saturated rings. The van der Waals surface area contributed by atoms with Crippen molar-refractivity contribution in [2.75, 3.05) is 22.7 Å². The molecule has 1 rings (SSSR count). The summed E-state index contributed by atoms with van der Waals surface area (Å²) < 4.78 is 52.4. The summed E-state index contributed by atoms with van der Waals surface area (Å²) in [4.78, 5) is 14.4. The molecule has 8 nitrogen and oxygen atoms in total. The largest absolute Gasteiger partial charge is 0.462 e. The van der Waals surface area contributed by atoms with Gasteiger partial charge in [0.25, 0.3) is 0 Å². The highest BCUT2D eigenvalue weighted by molar-refractivity contribution is 8.08. The molecule has 1 heterocycles. The fourth-order valence-corrected chi connectivity index (χ4v) is 4.54. The van der Waals surface area contributed by atoms with Crippen LogP contribution < -0.4 is 4.72 Å². The zero-order valence-corrected chi connectivity index (χ0v) is 12.9. The van der Waals surface area contributed by atoms with E-state index >= 15 is 0 Å². The molecule has 1 aromatic heterocycles. The summed E-state index contributed by atoms with van der Waals surface area (Å²) in [5.74, 6) is -0.691. The molecule has 0 amide bonds. The van der Waals surface area contributed by atoms with E-state index in [0.717, 1.165) is 6.26 Å². The number of hydrogen-bond donors (Lipinski definition) is 2. The molecule has 0 bridgehead atoms. The normalized spacial score (nSPS) is 12.2. The van der Waals surface area contributed by atoms with Gasteiger partial charge in [-0.15, -0.1) is 0 Å². The van der Waals surface area contributed by atoms with E-state index in [-0.39, 0.29) is 17.9 Å². The second-order valence-electron chi connectivity index (χ2n) is 4.18. The monoisotopic (exact) mass is 324 g/mol. The van der Waals surface area contributed by atoms with Crippen LogP contribution in [0, 0.1) is 6.92 Å². The number of carbonyl (C=O) groups excluding carboxylic acids is 1. The summed E-state index contributed by atoms with van der Waals surface area (Å²) in [5, 5.41) is -1.06. The van der Waals surface area contributed by atoms with Crippen LogP contribution in [0.25, 0.3) is 0 Å². The van der Waals surface area contributed by atoms with Crippen LogP contribution in [0.2, 0.25) is 0 Å². The third kappa shape index (κ3) is 4.53. The molecule has 0 saturated carbocycles. The third-order valence-corrected chi connectivity index (χ3v) is 5.68. The van der Waals surface area contributed by atoms with E-state index in [9.17, 15) is 21.6 Å². The minimum Gasteiger partial charge on any atom is -0.462 e. The number of anilines is 1. The van der Waals surface area contributed by atoms with Gasteiger partial charge in [-0.3, -0.25) is 4.72 Å². The first-order valence-electron chi connectivity index (χ1n) is 5.59. The van der Waals surface area contributed by atoms with Crippen LogP contribution >= 0.6 is 0 Å². The van der Waals surface area contributed by atoms with Crippen molar-refractivity contribution >= 4 is 31.5 Å². The fourth-order valence-electron chi connectivity index (χ4n) is 1.55. The Morgan fingerprint density at radius 1 is 1.35 bits per heavy atom. The van der Waals surface area contributed by atoms with Gasteiger partial charge >= 0.3 is 5.97 Å². The summed E-state index contributed by atoms with van der Waals surface area (Å²) in [6, 6.07) is 0. The van der Waals surface area contributed by atoms with Crippen LogP contribution in [0.4, 0.5) is 5.69 Å². The van der Waals surface area contributed by atoms with Crippen molar-refractivity contribution < 1.29 is 26.4 Å². The Morgan fingerprint density at radius 2 is 1.95 bits per heavy atom. The summed E-state index contributed by atoms with van der Waals surface area (Å²) in [7, 11) is -7.83. The average molecular weight is 324 g/mol. The summed E-state index contributed by atoms with van der Waals surface area (Å²) in [6.07, 6.45) is 2.07. The number of rotatable bonds is 6. The molecule has 1 aromatic rings. The molecule has 0 atom stereocenters. The smallest absolute Gasteiger partial charge is 0.342 e. The van der Waals surface area contributed by atoms with Gasteiger partial charge in [0, 0.05) is 18.1 Å². The van der Waals surface area contributed by atoms with Gasteiger partial charge in [-0.2, -0.15) is 0 Å². The minimum atomic E-state index is -4.12. The quantitative estimate of drug-likeness (QED) is 0.723. The fraction of sp³-hybridized carbons (Fsp3) is 0.500. The van der Waals surface area contributed by atoms with Gasteiger partial charge in [0.1, 0.15) is 5.56 Å². The van der Waals surface area contributed by atoms with Crippen LogP contribution in [-0.2, 0) is 24.6 Å². The van der Waals surface area contributed by atoms with Crippen LogP contribution in [0.1, 0.15) is 23.0 Å². The third-order valence-electron chi connectivity index (χ3n) is 2.19. The van der Waals surface area contributed by atoms with E-state index in [1.165, 1.54) is 6.20 Å². The molecule has 0 radical (unpaired) electrons. The van der Waals surface area contributed by atoms with Crippen LogP contribution in [0.15, 0.2) is 6.20 Å². The first-order chi connectivity index (χ1) is 9.06. The van der Waals surface area contributed by atoms with Crippen molar-refractivity contribution in [3.63, 3.8) is 0 Å². The molecule has 0 aliphatic carbocycles. The topological polar surface area (TPSA) is 122 Å². The number of aryl methyl sites for hydroxylation is 1. The lowest BCUT2D eigenvalue weighted by Gasteiger charge is -2.08. The lowest BCUT2D eigenvalue weighted by Crippen LogP contribution is -2.23. The molecule has 2 N–H and O–H groups in total. The second-order valence-corrected chi connectivity index (χ2v) is 8.41. The van der Waals surface area contributed by atoms with Crippen molar-refractivity contribution in [1.82, 2.24) is 4.98 Å². The number of nitrogens with one attached hydrogen (secondary N) is 2. The Hall–Kier alpha value is -1.55. The van der Waals surface area contributed by atoms with E-state index in [1.807, 2.05) is 0 Å². The average Bonchev–Trinajstić information content (AvgIpc) is 2.55. The maximum Gasteiger partial charge on any atom is 0.342 e. The van der Waals surface area contributed by atoms with E-state index in [1.54, 1.807) is 13.8 Å². The maximum atomic E-state index is 11.7. The second kappa shape index (κ2) is 5.83. The number of H-pyrrole nitrogens is 1. The Morgan fingerprint density at radius 3 is 2.45 bits per heavy atom. The van der Waals surface area contributed by atoms with Crippen LogP contribution in [0.5, 0.6) is 0 Å². The highest BCUT2D eigenvalue weighted by atomic mass is 32.3. The number of carbonyl (C=O) groups is 1. The Labute approximate surface area is 117 Å². The van der Waals surface area contributed by atoms with Gasteiger partial charge in [0.2, 0.25) is 10.0 Å². The summed E-state index contributed by atoms with van der Waals surface area (Å²) >= 11 is 0. The lowest BCUT2D eigenvalue weighted by atomic mass is 10.2. The molecule has 0 aliphatic heterocycles. The standard InChI is InChI=1S/C10H16N2O6S2/c1-4-18-10(13)9-7(2)11-5-8(9)12-20(16,17)6-19(3,14)15/h5,11-12H,4,6H2,1-3H3. The Bertz CT molecular complexity index is 702. The van der Waals surface area contributed by atoms with Gasteiger partial charge in [-0.1, -0.05) is 0 Å². The highest BCUT2D eigenvalue weighted by Crippen LogP contribution is 2.21. The first-order valence-corrected chi connectivity index (χ1v) is 9.30. The van der Waals surface area contributed by atoms with Gasteiger partial charge in [-0.25, -0.2) is 21.6 Å². The van der Waals surface area contributed by atoms with Gasteiger partial charge in [0.05, 0.1) is 12.3 Å². The van der Waals surface area contributed by atoms with Gasteiger partial charge < -0.3 is 9.72 Å². The Balaban J connectivity index is 3.08.